The molecule has 2 aromatic heterocycles. The van der Waals surface area contributed by atoms with Crippen LogP contribution in [-0.2, 0) is 10.0 Å². The van der Waals surface area contributed by atoms with Crippen molar-refractivity contribution in [3.63, 3.8) is 0 Å². The second kappa shape index (κ2) is 4.67. The number of hydrogen-bond donors (Lipinski definition) is 1. The average Bonchev–Trinajstić information content (AvgIpc) is 2.73. The van der Waals surface area contributed by atoms with Crippen LogP contribution < -0.4 is 5.14 Å². The first-order chi connectivity index (χ1) is 8.82. The Bertz CT molecular complexity index is 710. The van der Waals surface area contributed by atoms with Gasteiger partial charge in [0.25, 0.3) is 15.2 Å². The van der Waals surface area contributed by atoms with Crippen molar-refractivity contribution in [2.75, 3.05) is 0 Å². The lowest BCUT2D eigenvalue weighted by Crippen LogP contribution is -2.20. The van der Waals surface area contributed by atoms with E-state index >= 15 is 0 Å². The van der Waals surface area contributed by atoms with Crippen molar-refractivity contribution in [2.45, 2.75) is 25.0 Å². The number of sulfonamides is 1. The summed E-state index contributed by atoms with van der Waals surface area (Å²) in [6.45, 7) is 3.45. The molecule has 0 saturated heterocycles. The van der Waals surface area contributed by atoms with Crippen molar-refractivity contribution >= 4 is 10.0 Å². The molecule has 0 radical (unpaired) electrons. The number of hydrogen-bond acceptors (Lipinski definition) is 5. The third kappa shape index (κ3) is 2.47. The third-order valence-corrected chi connectivity index (χ3v) is 3.24. The van der Waals surface area contributed by atoms with Gasteiger partial charge in [0.15, 0.2) is 11.6 Å². The third-order valence-electron chi connectivity index (χ3n) is 2.45. The number of aromatic nitrogens is 4. The summed E-state index contributed by atoms with van der Waals surface area (Å²) in [7, 11) is -4.03. The fourth-order valence-corrected chi connectivity index (χ4v) is 2.40. The maximum atomic E-state index is 13.7. The Balaban J connectivity index is 2.74. The maximum Gasteiger partial charge on any atom is 0.273 e. The first-order valence-corrected chi connectivity index (χ1v) is 6.94. The van der Waals surface area contributed by atoms with Gasteiger partial charge in [-0.05, 0) is 19.9 Å². The SMILES string of the molecule is CC(C)n1c(-c2ccncc2F)nnc1S(N)(=O)=O. The molecular formula is C10H12FN5O2S. The molecule has 0 amide bonds. The van der Waals surface area contributed by atoms with Crippen LogP contribution in [0, 0.1) is 5.82 Å². The molecule has 2 N–H and O–H groups in total. The molecule has 0 aromatic carbocycles. The molecule has 0 spiro atoms. The van der Waals surface area contributed by atoms with Crippen molar-refractivity contribution < 1.29 is 12.8 Å². The first-order valence-electron chi connectivity index (χ1n) is 5.40. The number of rotatable bonds is 3. The van der Waals surface area contributed by atoms with Crippen LogP contribution in [0.25, 0.3) is 11.4 Å². The van der Waals surface area contributed by atoms with Gasteiger partial charge in [0.2, 0.25) is 0 Å². The van der Waals surface area contributed by atoms with Crippen LogP contribution in [0.1, 0.15) is 19.9 Å². The summed E-state index contributed by atoms with van der Waals surface area (Å²) in [5.74, 6) is -0.517. The minimum atomic E-state index is -4.03. The van der Waals surface area contributed by atoms with Crippen LogP contribution in [0.2, 0.25) is 0 Å². The number of halogens is 1. The summed E-state index contributed by atoms with van der Waals surface area (Å²) in [6, 6.07) is 1.09. The molecule has 0 aliphatic carbocycles. The molecule has 0 saturated carbocycles. The van der Waals surface area contributed by atoms with Gasteiger partial charge in [0, 0.05) is 12.2 Å². The van der Waals surface area contributed by atoms with Crippen LogP contribution in [0.4, 0.5) is 4.39 Å². The van der Waals surface area contributed by atoms with E-state index in [9.17, 15) is 12.8 Å². The number of nitrogens with zero attached hydrogens (tertiary/aromatic N) is 4. The van der Waals surface area contributed by atoms with E-state index in [-0.39, 0.29) is 17.4 Å². The summed E-state index contributed by atoms with van der Waals surface area (Å²) in [5.41, 5.74) is 0.117. The van der Waals surface area contributed by atoms with E-state index in [2.05, 4.69) is 15.2 Å². The summed E-state index contributed by atoms with van der Waals surface area (Å²) in [6.07, 6.45) is 2.40. The van der Waals surface area contributed by atoms with Gasteiger partial charge >= 0.3 is 0 Å². The van der Waals surface area contributed by atoms with E-state index in [4.69, 9.17) is 5.14 Å². The smallest absolute Gasteiger partial charge is 0.273 e. The molecule has 0 unspecified atom stereocenters. The number of primary sulfonamides is 1. The molecule has 2 aromatic rings. The van der Waals surface area contributed by atoms with Gasteiger partial charge < -0.3 is 0 Å². The quantitative estimate of drug-likeness (QED) is 0.894. The topological polar surface area (TPSA) is 104 Å². The first kappa shape index (κ1) is 13.6. The zero-order valence-electron chi connectivity index (χ0n) is 10.3. The lowest BCUT2D eigenvalue weighted by atomic mass is 10.2. The molecule has 0 atom stereocenters. The van der Waals surface area contributed by atoms with E-state index in [1.54, 1.807) is 13.8 Å². The molecular weight excluding hydrogens is 273 g/mol. The van der Waals surface area contributed by atoms with E-state index < -0.39 is 21.0 Å². The Morgan fingerprint density at radius 3 is 2.58 bits per heavy atom. The van der Waals surface area contributed by atoms with E-state index in [1.807, 2.05) is 0 Å². The zero-order valence-corrected chi connectivity index (χ0v) is 11.1. The molecule has 0 fully saturated rings. The average molecular weight is 285 g/mol. The fraction of sp³-hybridized carbons (Fsp3) is 0.300. The van der Waals surface area contributed by atoms with Crippen molar-refractivity contribution in [1.29, 1.82) is 0 Å². The Labute approximate surface area is 109 Å². The summed E-state index contributed by atoms with van der Waals surface area (Å²) in [4.78, 5) is 3.63. The molecule has 7 nitrogen and oxygen atoms in total. The van der Waals surface area contributed by atoms with Gasteiger partial charge in [-0.15, -0.1) is 10.2 Å². The van der Waals surface area contributed by atoms with Crippen molar-refractivity contribution in [3.8, 4) is 11.4 Å². The molecule has 0 aliphatic rings. The summed E-state index contributed by atoms with van der Waals surface area (Å²) >= 11 is 0. The highest BCUT2D eigenvalue weighted by molar-refractivity contribution is 7.89. The van der Waals surface area contributed by atoms with E-state index in [0.717, 1.165) is 6.20 Å². The van der Waals surface area contributed by atoms with Crippen LogP contribution in [0.5, 0.6) is 0 Å². The van der Waals surface area contributed by atoms with Gasteiger partial charge in [-0.2, -0.15) is 0 Å². The lowest BCUT2D eigenvalue weighted by molar-refractivity contribution is 0.522. The van der Waals surface area contributed by atoms with Gasteiger partial charge in [0.1, 0.15) is 0 Å². The predicted molar refractivity (Wildman–Crippen MR) is 65.0 cm³/mol. The largest absolute Gasteiger partial charge is 0.294 e. The van der Waals surface area contributed by atoms with Gasteiger partial charge in [-0.1, -0.05) is 0 Å². The minimum absolute atomic E-state index is 0.0962. The molecule has 102 valence electrons. The van der Waals surface area contributed by atoms with Gasteiger partial charge in [0.05, 0.1) is 11.8 Å². The predicted octanol–water partition coefficient (Wildman–Crippen LogP) is 0.708. The number of nitrogens with two attached hydrogens (primary N) is 1. The highest BCUT2D eigenvalue weighted by Gasteiger charge is 2.25. The molecule has 2 rings (SSSR count). The Morgan fingerprint density at radius 2 is 2.05 bits per heavy atom. The lowest BCUT2D eigenvalue weighted by Gasteiger charge is -2.12. The Hall–Kier alpha value is -1.87. The van der Waals surface area contributed by atoms with E-state index in [0.29, 0.717) is 0 Å². The van der Waals surface area contributed by atoms with Crippen LogP contribution in [0.3, 0.4) is 0 Å². The standard InChI is InChI=1S/C10H12FN5O2S/c1-6(2)16-9(7-3-4-13-5-8(7)11)14-15-10(16)19(12,17)18/h3-6H,1-2H3,(H2,12,17,18). The van der Waals surface area contributed by atoms with Crippen molar-refractivity contribution in [1.82, 2.24) is 19.7 Å². The molecule has 9 heteroatoms. The molecule has 0 aliphatic heterocycles. The monoisotopic (exact) mass is 285 g/mol. The summed E-state index contributed by atoms with van der Waals surface area (Å²) < 4.78 is 37.8. The second-order valence-corrected chi connectivity index (χ2v) is 5.63. The van der Waals surface area contributed by atoms with Crippen LogP contribution in [-0.4, -0.2) is 28.2 Å². The van der Waals surface area contributed by atoms with Crippen LogP contribution >= 0.6 is 0 Å². The second-order valence-electron chi connectivity index (χ2n) is 4.17. The minimum Gasteiger partial charge on any atom is -0.294 e. The van der Waals surface area contributed by atoms with Crippen molar-refractivity contribution in [2.24, 2.45) is 5.14 Å². The Kier molecular flexibility index (Phi) is 3.33. The Morgan fingerprint density at radius 1 is 1.37 bits per heavy atom. The van der Waals surface area contributed by atoms with Gasteiger partial charge in [-0.25, -0.2) is 17.9 Å². The molecule has 0 bridgehead atoms. The van der Waals surface area contributed by atoms with Crippen molar-refractivity contribution in [3.05, 3.63) is 24.3 Å². The maximum absolute atomic E-state index is 13.7. The highest BCUT2D eigenvalue weighted by Crippen LogP contribution is 2.25. The zero-order chi connectivity index (χ0) is 14.2. The number of pyridine rings is 1. The normalized spacial score (nSPS) is 12.1. The van der Waals surface area contributed by atoms with Gasteiger partial charge in [-0.3, -0.25) is 9.55 Å². The van der Waals surface area contributed by atoms with E-state index in [1.165, 1.54) is 16.8 Å². The molecule has 2 heterocycles. The summed E-state index contributed by atoms with van der Waals surface area (Å²) in [5, 5.41) is 11.9. The van der Waals surface area contributed by atoms with Crippen LogP contribution in [0.15, 0.2) is 23.6 Å². The fourth-order valence-electron chi connectivity index (χ4n) is 1.68. The highest BCUT2D eigenvalue weighted by atomic mass is 32.2. The molecule has 19 heavy (non-hydrogen) atoms.